The minimum atomic E-state index is -4.59. The van der Waals surface area contributed by atoms with E-state index in [1.165, 1.54) is 31.3 Å². The van der Waals surface area contributed by atoms with Crippen molar-refractivity contribution in [1.82, 2.24) is 9.55 Å². The molecule has 0 radical (unpaired) electrons. The maximum Gasteiger partial charge on any atom is 0.416 e. The second-order valence-electron chi connectivity index (χ2n) is 6.58. The lowest BCUT2D eigenvalue weighted by Crippen LogP contribution is -2.33. The lowest BCUT2D eigenvalue weighted by atomic mass is 10.1. The zero-order valence-corrected chi connectivity index (χ0v) is 17.0. The maximum absolute atomic E-state index is 12.8. The van der Waals surface area contributed by atoms with Crippen LogP contribution in [-0.2, 0) is 23.2 Å². The van der Waals surface area contributed by atoms with E-state index in [2.05, 4.69) is 10.0 Å². The van der Waals surface area contributed by atoms with Gasteiger partial charge in [-0.3, -0.25) is 19.3 Å². The highest BCUT2D eigenvalue weighted by atomic mass is 32.2. The van der Waals surface area contributed by atoms with Gasteiger partial charge in [-0.05, 0) is 36.4 Å². The number of amides is 1. The van der Waals surface area contributed by atoms with Crippen molar-refractivity contribution >= 4 is 27.3 Å². The minimum absolute atomic E-state index is 0.0583. The van der Waals surface area contributed by atoms with Crippen LogP contribution >= 0.6 is 0 Å². The summed E-state index contributed by atoms with van der Waals surface area (Å²) in [4.78, 5) is 36.9. The number of nitrogens with one attached hydrogen (secondary N) is 3. The number of aryl methyl sites for hydroxylation is 1. The number of halogens is 3. The second kappa shape index (κ2) is 8.34. The molecular weight excluding hydrogens is 453 g/mol. The van der Waals surface area contributed by atoms with E-state index in [9.17, 15) is 36.0 Å². The number of hydrogen-bond acceptors (Lipinski definition) is 5. The number of nitrogens with zero attached hydrogens (tertiary/aromatic N) is 1. The molecule has 0 unspecified atom stereocenters. The van der Waals surface area contributed by atoms with Crippen molar-refractivity contribution in [1.29, 1.82) is 0 Å². The van der Waals surface area contributed by atoms with Crippen molar-refractivity contribution < 1.29 is 26.4 Å². The molecular formula is C19H15F3N4O5S. The lowest BCUT2D eigenvalue weighted by Gasteiger charge is -2.11. The third-order valence-electron chi connectivity index (χ3n) is 4.19. The van der Waals surface area contributed by atoms with Gasteiger partial charge in [0.05, 0.1) is 5.56 Å². The first kappa shape index (κ1) is 22.8. The van der Waals surface area contributed by atoms with Gasteiger partial charge in [-0.15, -0.1) is 0 Å². The van der Waals surface area contributed by atoms with Crippen molar-refractivity contribution in [3.63, 3.8) is 0 Å². The Kier molecular flexibility index (Phi) is 5.94. The first-order valence-electron chi connectivity index (χ1n) is 8.78. The van der Waals surface area contributed by atoms with E-state index < -0.39 is 43.8 Å². The average molecular weight is 468 g/mol. The van der Waals surface area contributed by atoms with Crippen LogP contribution in [0.25, 0.3) is 0 Å². The number of aromatic nitrogens is 2. The average Bonchev–Trinajstić information content (AvgIpc) is 2.70. The number of benzene rings is 2. The molecule has 168 valence electrons. The zero-order chi connectivity index (χ0) is 23.7. The Bertz CT molecular complexity index is 1410. The van der Waals surface area contributed by atoms with Crippen molar-refractivity contribution in [2.24, 2.45) is 7.05 Å². The largest absolute Gasteiger partial charge is 0.416 e. The number of carbonyl (C=O) groups excluding carboxylic acids is 1. The smallest absolute Gasteiger partial charge is 0.322 e. The summed E-state index contributed by atoms with van der Waals surface area (Å²) in [5.41, 5.74) is -3.12. The summed E-state index contributed by atoms with van der Waals surface area (Å²) in [5.74, 6) is -0.787. The SMILES string of the molecule is Cn1cc(S(=O)(=O)Nc2cccc(C(=O)Nc3cccc(C(F)(F)F)c3)c2)c(=O)[nH]c1=O. The van der Waals surface area contributed by atoms with Gasteiger partial charge >= 0.3 is 11.9 Å². The lowest BCUT2D eigenvalue weighted by molar-refractivity contribution is -0.137. The Labute approximate surface area is 178 Å². The van der Waals surface area contributed by atoms with Crippen LogP contribution in [0.4, 0.5) is 24.5 Å². The van der Waals surface area contributed by atoms with Crippen LogP contribution in [-0.4, -0.2) is 23.9 Å². The Hall–Kier alpha value is -3.87. The topological polar surface area (TPSA) is 130 Å². The van der Waals surface area contributed by atoms with Gasteiger partial charge in [0.1, 0.15) is 0 Å². The molecule has 0 aliphatic carbocycles. The predicted octanol–water partition coefficient (Wildman–Crippen LogP) is 2.15. The Morgan fingerprint density at radius 3 is 2.38 bits per heavy atom. The van der Waals surface area contributed by atoms with E-state index >= 15 is 0 Å². The van der Waals surface area contributed by atoms with Crippen molar-refractivity contribution in [3.05, 3.63) is 86.7 Å². The van der Waals surface area contributed by atoms with E-state index in [-0.39, 0.29) is 16.9 Å². The molecule has 1 amide bonds. The molecule has 0 bridgehead atoms. The fourth-order valence-electron chi connectivity index (χ4n) is 2.64. The molecule has 0 aliphatic heterocycles. The first-order chi connectivity index (χ1) is 14.9. The number of H-pyrrole nitrogens is 1. The van der Waals surface area contributed by atoms with E-state index in [0.717, 1.165) is 35.0 Å². The summed E-state index contributed by atoms with van der Waals surface area (Å²) in [6.45, 7) is 0. The van der Waals surface area contributed by atoms with Crippen LogP contribution in [0, 0.1) is 0 Å². The fourth-order valence-corrected chi connectivity index (χ4v) is 3.78. The molecule has 13 heteroatoms. The Balaban J connectivity index is 1.84. The van der Waals surface area contributed by atoms with Crippen molar-refractivity contribution in [3.8, 4) is 0 Å². The van der Waals surface area contributed by atoms with E-state index in [0.29, 0.717) is 0 Å². The first-order valence-corrected chi connectivity index (χ1v) is 10.3. The number of hydrogen-bond donors (Lipinski definition) is 3. The van der Waals surface area contributed by atoms with Gasteiger partial charge in [-0.25, -0.2) is 13.2 Å². The molecule has 3 rings (SSSR count). The molecule has 2 aromatic carbocycles. The highest BCUT2D eigenvalue weighted by molar-refractivity contribution is 7.92. The quantitative estimate of drug-likeness (QED) is 0.528. The number of aromatic amines is 1. The third kappa shape index (κ3) is 5.06. The Morgan fingerprint density at radius 1 is 1.03 bits per heavy atom. The molecule has 0 fully saturated rings. The zero-order valence-electron chi connectivity index (χ0n) is 16.2. The van der Waals surface area contributed by atoms with Gasteiger partial charge in [-0.2, -0.15) is 13.2 Å². The van der Waals surface area contributed by atoms with Gasteiger partial charge in [-0.1, -0.05) is 12.1 Å². The molecule has 0 saturated carbocycles. The number of sulfonamides is 1. The van der Waals surface area contributed by atoms with Gasteiger partial charge < -0.3 is 9.88 Å². The highest BCUT2D eigenvalue weighted by Crippen LogP contribution is 2.30. The highest BCUT2D eigenvalue weighted by Gasteiger charge is 2.30. The summed E-state index contributed by atoms with van der Waals surface area (Å²) in [6.07, 6.45) is -3.74. The molecule has 32 heavy (non-hydrogen) atoms. The van der Waals surface area contributed by atoms with Crippen LogP contribution in [0.15, 0.2) is 69.2 Å². The van der Waals surface area contributed by atoms with E-state index in [1.807, 2.05) is 4.98 Å². The fraction of sp³-hybridized carbons (Fsp3) is 0.105. The van der Waals surface area contributed by atoms with Crippen LogP contribution in [0.3, 0.4) is 0 Å². The van der Waals surface area contributed by atoms with Crippen molar-refractivity contribution in [2.75, 3.05) is 10.0 Å². The van der Waals surface area contributed by atoms with Gasteiger partial charge in [0.2, 0.25) is 0 Å². The van der Waals surface area contributed by atoms with Crippen LogP contribution in [0.5, 0.6) is 0 Å². The molecule has 0 atom stereocenters. The van der Waals surface area contributed by atoms with Crippen LogP contribution < -0.4 is 21.3 Å². The summed E-state index contributed by atoms with van der Waals surface area (Å²) in [6, 6.07) is 9.11. The molecule has 3 aromatic rings. The standard InChI is InChI=1S/C19H15F3N4O5S/c1-26-10-15(17(28)24-18(26)29)32(30,31)25-14-7-2-4-11(8-14)16(27)23-13-6-3-5-12(9-13)19(20,21)22/h2-10,25H,1H3,(H,23,27)(H,24,28,29). The molecule has 1 heterocycles. The Morgan fingerprint density at radius 2 is 1.69 bits per heavy atom. The van der Waals surface area contributed by atoms with Crippen LogP contribution in [0.2, 0.25) is 0 Å². The van der Waals surface area contributed by atoms with E-state index in [1.54, 1.807) is 0 Å². The maximum atomic E-state index is 12.8. The van der Waals surface area contributed by atoms with Gasteiger partial charge in [0.25, 0.3) is 21.5 Å². The number of carbonyl (C=O) groups is 1. The number of anilines is 2. The normalized spacial score (nSPS) is 11.8. The van der Waals surface area contributed by atoms with Crippen molar-refractivity contribution in [2.45, 2.75) is 11.1 Å². The molecule has 1 aromatic heterocycles. The summed E-state index contributed by atoms with van der Waals surface area (Å²) < 4.78 is 66.6. The third-order valence-corrected chi connectivity index (χ3v) is 5.56. The molecule has 0 spiro atoms. The van der Waals surface area contributed by atoms with E-state index in [4.69, 9.17) is 0 Å². The molecule has 0 aliphatic rings. The minimum Gasteiger partial charge on any atom is -0.322 e. The molecule has 0 saturated heterocycles. The second-order valence-corrected chi connectivity index (χ2v) is 8.23. The summed E-state index contributed by atoms with van der Waals surface area (Å²) in [5, 5.41) is 2.31. The monoisotopic (exact) mass is 468 g/mol. The number of rotatable bonds is 5. The predicted molar refractivity (Wildman–Crippen MR) is 109 cm³/mol. The van der Waals surface area contributed by atoms with Gasteiger partial charge in [0, 0.05) is 30.2 Å². The molecule has 9 nitrogen and oxygen atoms in total. The molecule has 3 N–H and O–H groups in total. The van der Waals surface area contributed by atoms with Gasteiger partial charge in [0.15, 0.2) is 4.90 Å². The summed E-state index contributed by atoms with van der Waals surface area (Å²) in [7, 11) is -3.17. The van der Waals surface area contributed by atoms with Crippen LogP contribution in [0.1, 0.15) is 15.9 Å². The number of alkyl halides is 3. The summed E-state index contributed by atoms with van der Waals surface area (Å²) >= 11 is 0.